The average Bonchev–Trinajstić information content (AvgIpc) is 3.08. The SMILES string of the molecule is Cc1cc(C2C3=CCC4C(=O)N(CCCC(=O)O)C(=O)C4C3CC3=C2C(=O)C=C(Br)C3=O)ccc1O. The number of Topliss-reactive ketones (excluding diaryl/α,β-unsaturated/α-hetero) is 1. The molecule has 5 rings (SSSR count). The van der Waals surface area contributed by atoms with Crippen LogP contribution < -0.4 is 0 Å². The Bertz CT molecular complexity index is 1340. The molecule has 2 N–H and O–H groups in total. The fraction of sp³-hybridized carbons (Fsp3) is 0.370. The van der Waals surface area contributed by atoms with E-state index in [1.807, 2.05) is 6.08 Å². The van der Waals surface area contributed by atoms with Gasteiger partial charge >= 0.3 is 5.97 Å². The summed E-state index contributed by atoms with van der Waals surface area (Å²) in [6, 6.07) is 5.05. The zero-order chi connectivity index (χ0) is 25.9. The fourth-order valence-corrected chi connectivity index (χ4v) is 6.57. The number of aryl methyl sites for hydroxylation is 1. The second kappa shape index (κ2) is 8.96. The van der Waals surface area contributed by atoms with Gasteiger partial charge in [-0.1, -0.05) is 23.8 Å². The minimum atomic E-state index is -0.992. The van der Waals surface area contributed by atoms with Crippen LogP contribution in [0.1, 0.15) is 42.7 Å². The zero-order valence-corrected chi connectivity index (χ0v) is 21.1. The third-order valence-corrected chi connectivity index (χ3v) is 8.34. The quantitative estimate of drug-likeness (QED) is 0.325. The number of likely N-dealkylation sites (tertiary alicyclic amines) is 1. The highest BCUT2D eigenvalue weighted by molar-refractivity contribution is 9.12. The van der Waals surface area contributed by atoms with Crippen molar-refractivity contribution in [3.8, 4) is 5.75 Å². The standard InChI is InChI=1S/C27H24BrNO7/c1-12-9-13(4-7-19(12)30)22-14-5-6-15-23(27(36)29(26(15)35)8-2-3-21(32)33)16(14)10-17-24(22)20(31)11-18(28)25(17)34/h4-5,7,9,11,15-16,22-23,30H,2-3,6,8,10H2,1H3,(H,32,33). The number of hydrogen-bond donors (Lipinski definition) is 2. The first kappa shape index (κ1) is 24.4. The Morgan fingerprint density at radius 2 is 1.89 bits per heavy atom. The first-order valence-electron chi connectivity index (χ1n) is 11.9. The predicted octanol–water partition coefficient (Wildman–Crippen LogP) is 3.33. The molecular formula is C27H24BrNO7. The molecule has 36 heavy (non-hydrogen) atoms. The van der Waals surface area contributed by atoms with E-state index < -0.39 is 29.6 Å². The topological polar surface area (TPSA) is 129 Å². The van der Waals surface area contributed by atoms with Crippen molar-refractivity contribution in [2.24, 2.45) is 17.8 Å². The van der Waals surface area contributed by atoms with E-state index in [0.29, 0.717) is 23.1 Å². The zero-order valence-electron chi connectivity index (χ0n) is 19.5. The lowest BCUT2D eigenvalue weighted by molar-refractivity contribution is -0.142. The molecular weight excluding hydrogens is 530 g/mol. The Hall–Kier alpha value is -3.33. The lowest BCUT2D eigenvalue weighted by Gasteiger charge is -2.42. The molecule has 4 unspecified atom stereocenters. The molecule has 3 aliphatic carbocycles. The van der Waals surface area contributed by atoms with E-state index in [4.69, 9.17) is 5.11 Å². The maximum atomic E-state index is 13.5. The molecule has 8 nitrogen and oxygen atoms in total. The van der Waals surface area contributed by atoms with Crippen LogP contribution in [0.15, 0.2) is 51.6 Å². The molecule has 0 spiro atoms. The molecule has 186 valence electrons. The second-order valence-corrected chi connectivity index (χ2v) is 10.6. The van der Waals surface area contributed by atoms with E-state index in [1.165, 1.54) is 11.0 Å². The fourth-order valence-electron chi connectivity index (χ4n) is 6.12. The summed E-state index contributed by atoms with van der Waals surface area (Å²) in [5.74, 6) is -4.39. The van der Waals surface area contributed by atoms with Crippen molar-refractivity contribution in [2.75, 3.05) is 6.54 Å². The molecule has 1 aliphatic heterocycles. The molecule has 4 aliphatic rings. The lowest BCUT2D eigenvalue weighted by atomic mass is 9.59. The van der Waals surface area contributed by atoms with Crippen molar-refractivity contribution < 1.29 is 34.2 Å². The summed E-state index contributed by atoms with van der Waals surface area (Å²) in [5, 5.41) is 19.0. The minimum Gasteiger partial charge on any atom is -0.508 e. The third kappa shape index (κ3) is 3.77. The number of rotatable bonds is 5. The number of phenols is 1. The molecule has 1 fully saturated rings. The van der Waals surface area contributed by atoms with Gasteiger partial charge in [0.15, 0.2) is 11.6 Å². The Balaban J connectivity index is 1.58. The number of benzene rings is 1. The van der Waals surface area contributed by atoms with Gasteiger partial charge in [0.1, 0.15) is 5.75 Å². The molecule has 0 radical (unpaired) electrons. The van der Waals surface area contributed by atoms with E-state index in [1.54, 1.807) is 25.1 Å². The van der Waals surface area contributed by atoms with Gasteiger partial charge in [-0.25, -0.2) is 0 Å². The number of amides is 2. The van der Waals surface area contributed by atoms with Crippen molar-refractivity contribution >= 4 is 45.3 Å². The summed E-state index contributed by atoms with van der Waals surface area (Å²) in [6.07, 6.45) is 3.74. The number of fused-ring (bicyclic) bond motifs is 3. The number of halogens is 1. The molecule has 4 atom stereocenters. The van der Waals surface area contributed by atoms with Gasteiger partial charge in [0.2, 0.25) is 11.8 Å². The van der Waals surface area contributed by atoms with Gasteiger partial charge in [-0.15, -0.1) is 0 Å². The summed E-state index contributed by atoms with van der Waals surface area (Å²) >= 11 is 3.20. The van der Waals surface area contributed by atoms with Gasteiger partial charge in [0, 0.05) is 36.1 Å². The Morgan fingerprint density at radius 3 is 2.58 bits per heavy atom. The number of carboxylic acids is 1. The van der Waals surface area contributed by atoms with E-state index in [0.717, 1.165) is 11.1 Å². The van der Waals surface area contributed by atoms with Crippen LogP contribution in [0.25, 0.3) is 0 Å². The van der Waals surface area contributed by atoms with E-state index in [2.05, 4.69) is 15.9 Å². The number of hydrogen-bond acceptors (Lipinski definition) is 6. The Morgan fingerprint density at radius 1 is 1.14 bits per heavy atom. The van der Waals surface area contributed by atoms with Crippen LogP contribution in [-0.2, 0) is 24.0 Å². The normalized spacial score (nSPS) is 27.4. The maximum absolute atomic E-state index is 13.5. The van der Waals surface area contributed by atoms with Gasteiger partial charge in [0.25, 0.3) is 0 Å². The highest BCUT2D eigenvalue weighted by Gasteiger charge is 2.56. The van der Waals surface area contributed by atoms with Crippen molar-refractivity contribution in [1.29, 1.82) is 0 Å². The first-order chi connectivity index (χ1) is 17.1. The molecule has 9 heteroatoms. The molecule has 0 bridgehead atoms. The smallest absolute Gasteiger partial charge is 0.303 e. The molecule has 2 amide bonds. The van der Waals surface area contributed by atoms with Crippen LogP contribution in [0.5, 0.6) is 5.75 Å². The maximum Gasteiger partial charge on any atom is 0.303 e. The number of carboxylic acid groups (broad SMARTS) is 1. The number of carbonyl (C=O) groups excluding carboxylic acids is 4. The van der Waals surface area contributed by atoms with E-state index in [-0.39, 0.29) is 59.4 Å². The summed E-state index contributed by atoms with van der Waals surface area (Å²) in [6.45, 7) is 1.79. The van der Waals surface area contributed by atoms with Gasteiger partial charge in [-0.05, 0) is 65.2 Å². The number of ketones is 2. The van der Waals surface area contributed by atoms with Crippen LogP contribution in [-0.4, -0.2) is 51.0 Å². The van der Waals surface area contributed by atoms with Crippen molar-refractivity contribution in [1.82, 2.24) is 4.90 Å². The lowest BCUT2D eigenvalue weighted by Crippen LogP contribution is -2.39. The van der Waals surface area contributed by atoms with Crippen molar-refractivity contribution in [3.63, 3.8) is 0 Å². The highest BCUT2D eigenvalue weighted by atomic mass is 79.9. The van der Waals surface area contributed by atoms with Crippen LogP contribution >= 0.6 is 15.9 Å². The van der Waals surface area contributed by atoms with Crippen LogP contribution in [0.3, 0.4) is 0 Å². The van der Waals surface area contributed by atoms with Crippen LogP contribution in [0.2, 0.25) is 0 Å². The second-order valence-electron chi connectivity index (χ2n) is 9.76. The highest BCUT2D eigenvalue weighted by Crippen LogP contribution is 2.55. The summed E-state index contributed by atoms with van der Waals surface area (Å²) < 4.78 is 0.163. The number of carbonyl (C=O) groups is 5. The number of imide groups is 1. The van der Waals surface area contributed by atoms with Crippen molar-refractivity contribution in [3.05, 3.63) is 62.7 Å². The number of aromatic hydroxyl groups is 1. The summed E-state index contributed by atoms with van der Waals surface area (Å²) in [5.41, 5.74) is 2.91. The molecule has 1 aromatic rings. The van der Waals surface area contributed by atoms with Gasteiger partial charge < -0.3 is 10.2 Å². The van der Waals surface area contributed by atoms with E-state index in [9.17, 15) is 29.1 Å². The number of allylic oxidation sites excluding steroid dienone is 6. The van der Waals surface area contributed by atoms with Gasteiger partial charge in [-0.3, -0.25) is 28.9 Å². The Kier molecular flexibility index (Phi) is 6.06. The molecule has 1 aromatic carbocycles. The van der Waals surface area contributed by atoms with Crippen LogP contribution in [0.4, 0.5) is 0 Å². The first-order valence-corrected chi connectivity index (χ1v) is 12.6. The van der Waals surface area contributed by atoms with Gasteiger partial charge in [-0.2, -0.15) is 0 Å². The van der Waals surface area contributed by atoms with E-state index >= 15 is 0 Å². The summed E-state index contributed by atoms with van der Waals surface area (Å²) in [4.78, 5) is 65.1. The number of phenolic OH excluding ortho intramolecular Hbond substituents is 1. The monoisotopic (exact) mass is 553 g/mol. The third-order valence-electron chi connectivity index (χ3n) is 7.75. The average molecular weight is 554 g/mol. The summed E-state index contributed by atoms with van der Waals surface area (Å²) in [7, 11) is 0. The molecule has 1 heterocycles. The number of nitrogens with zero attached hydrogens (tertiary/aromatic N) is 1. The number of aliphatic carboxylic acids is 1. The molecule has 0 saturated carbocycles. The van der Waals surface area contributed by atoms with Gasteiger partial charge in [0.05, 0.1) is 16.3 Å². The minimum absolute atomic E-state index is 0.0409. The van der Waals surface area contributed by atoms with Crippen LogP contribution in [0, 0.1) is 24.7 Å². The molecule has 1 saturated heterocycles. The molecule has 0 aromatic heterocycles. The predicted molar refractivity (Wildman–Crippen MR) is 131 cm³/mol. The Labute approximate surface area is 215 Å². The van der Waals surface area contributed by atoms with Crippen molar-refractivity contribution in [2.45, 2.75) is 38.5 Å². The largest absolute Gasteiger partial charge is 0.508 e.